The summed E-state index contributed by atoms with van der Waals surface area (Å²) in [7, 11) is -4.38. The van der Waals surface area contributed by atoms with Crippen LogP contribution in [0.2, 0.25) is 0 Å². The van der Waals surface area contributed by atoms with E-state index in [1.54, 1.807) is 0 Å². The molecule has 0 saturated carbocycles. The van der Waals surface area contributed by atoms with Crippen LogP contribution in [0.4, 0.5) is 0 Å². The van der Waals surface area contributed by atoms with Crippen molar-refractivity contribution in [2.45, 2.75) is 264 Å². The molecule has 10 heteroatoms. The summed E-state index contributed by atoms with van der Waals surface area (Å²) in [4.78, 5) is 35.1. The molecule has 0 aliphatic heterocycles. The predicted molar refractivity (Wildman–Crippen MR) is 257 cm³/mol. The molecule has 61 heavy (non-hydrogen) atoms. The van der Waals surface area contributed by atoms with Crippen LogP contribution in [0.25, 0.3) is 0 Å². The summed E-state index contributed by atoms with van der Waals surface area (Å²) in [5.74, 6) is -0.819. The smallest absolute Gasteiger partial charge is 0.462 e. The lowest BCUT2D eigenvalue weighted by Gasteiger charge is -2.19. The first-order chi connectivity index (χ1) is 29.8. The number of nitrogens with two attached hydrogens (primary N) is 1. The zero-order valence-corrected chi connectivity index (χ0v) is 40.8. The molecule has 0 spiro atoms. The second kappa shape index (κ2) is 48.0. The molecular formula is C51H98NO8P. The molecule has 0 aliphatic carbocycles. The van der Waals surface area contributed by atoms with Gasteiger partial charge in [0.1, 0.15) is 6.61 Å². The lowest BCUT2D eigenvalue weighted by molar-refractivity contribution is -0.161. The van der Waals surface area contributed by atoms with Crippen LogP contribution >= 0.6 is 7.82 Å². The predicted octanol–water partition coefficient (Wildman–Crippen LogP) is 15.5. The van der Waals surface area contributed by atoms with Crippen LogP contribution in [-0.2, 0) is 32.7 Å². The van der Waals surface area contributed by atoms with Crippen LogP contribution in [0.15, 0.2) is 24.3 Å². The average molecular weight is 884 g/mol. The van der Waals surface area contributed by atoms with Crippen LogP contribution in [0.3, 0.4) is 0 Å². The van der Waals surface area contributed by atoms with E-state index >= 15 is 0 Å². The highest BCUT2D eigenvalue weighted by molar-refractivity contribution is 7.47. The molecule has 0 amide bonds. The summed E-state index contributed by atoms with van der Waals surface area (Å²) < 4.78 is 32.9. The van der Waals surface area contributed by atoms with Gasteiger partial charge < -0.3 is 20.1 Å². The third-order valence-electron chi connectivity index (χ3n) is 11.3. The molecule has 0 bridgehead atoms. The minimum atomic E-state index is -4.38. The highest BCUT2D eigenvalue weighted by atomic mass is 31.2. The van der Waals surface area contributed by atoms with E-state index < -0.39 is 26.5 Å². The minimum Gasteiger partial charge on any atom is -0.462 e. The molecule has 0 aliphatic rings. The average Bonchev–Trinajstić information content (AvgIpc) is 3.25. The Labute approximate surface area is 376 Å². The van der Waals surface area contributed by atoms with Crippen molar-refractivity contribution < 1.29 is 37.6 Å². The van der Waals surface area contributed by atoms with E-state index in [1.165, 1.54) is 173 Å². The van der Waals surface area contributed by atoms with Crippen molar-refractivity contribution in [1.82, 2.24) is 0 Å². The fraction of sp³-hybridized carbons (Fsp3) is 0.882. The third kappa shape index (κ3) is 47.8. The van der Waals surface area contributed by atoms with Crippen molar-refractivity contribution in [3.8, 4) is 0 Å². The molecule has 0 rings (SSSR count). The number of ether oxygens (including phenoxy) is 2. The monoisotopic (exact) mass is 884 g/mol. The standard InChI is InChI=1S/C51H98NO8P/c1-3-5-7-9-11-13-15-17-19-21-23-24-26-27-29-31-33-35-37-39-41-43-50(53)57-47-49(48-59-61(55,56)58-46-45-52)60-51(54)44-42-40-38-36-34-32-30-28-25-22-20-18-16-14-12-10-8-6-4-2/h12,14,18,20,49H,3-11,13,15-17,19,21-48,52H2,1-2H3,(H,55,56)/b14-12-,20-18-. The first-order valence-electron chi connectivity index (χ1n) is 25.8. The van der Waals surface area contributed by atoms with Gasteiger partial charge in [-0.15, -0.1) is 0 Å². The van der Waals surface area contributed by atoms with Gasteiger partial charge in [0.15, 0.2) is 6.10 Å². The molecule has 0 aromatic heterocycles. The fourth-order valence-electron chi connectivity index (χ4n) is 7.49. The maximum atomic E-state index is 12.6. The third-order valence-corrected chi connectivity index (χ3v) is 12.3. The largest absolute Gasteiger partial charge is 0.472 e. The number of hydrogen-bond donors (Lipinski definition) is 2. The molecule has 9 nitrogen and oxygen atoms in total. The van der Waals surface area contributed by atoms with Gasteiger partial charge in [-0.3, -0.25) is 18.6 Å². The van der Waals surface area contributed by atoms with Crippen molar-refractivity contribution in [1.29, 1.82) is 0 Å². The van der Waals surface area contributed by atoms with Crippen LogP contribution < -0.4 is 5.73 Å². The SMILES string of the molecule is CCCCC/C=C\C/C=C\CCCCCCCCCCCC(=O)OC(COC(=O)CCCCCCCCCCCCCCCCCCCCCCC)COP(=O)(O)OCCN. The van der Waals surface area contributed by atoms with E-state index in [2.05, 4.69) is 38.2 Å². The first-order valence-corrected chi connectivity index (χ1v) is 27.3. The van der Waals surface area contributed by atoms with Gasteiger partial charge >= 0.3 is 19.8 Å². The zero-order valence-electron chi connectivity index (χ0n) is 39.9. The van der Waals surface area contributed by atoms with Gasteiger partial charge in [0.2, 0.25) is 0 Å². The molecule has 0 radical (unpaired) electrons. The normalized spacial score (nSPS) is 13.3. The van der Waals surface area contributed by atoms with Crippen LogP contribution in [0.1, 0.15) is 258 Å². The number of phosphoric ester groups is 1. The van der Waals surface area contributed by atoms with Crippen LogP contribution in [0, 0.1) is 0 Å². The number of unbranched alkanes of at least 4 members (excludes halogenated alkanes) is 32. The Hall–Kier alpha value is -1.51. The van der Waals surface area contributed by atoms with Crippen molar-refractivity contribution >= 4 is 19.8 Å². The Bertz CT molecular complexity index is 1050. The molecule has 0 aromatic carbocycles. The molecule has 3 N–H and O–H groups in total. The molecule has 2 unspecified atom stereocenters. The van der Waals surface area contributed by atoms with E-state index in [0.29, 0.717) is 6.42 Å². The molecule has 360 valence electrons. The second-order valence-corrected chi connectivity index (χ2v) is 18.9. The number of carbonyl (C=O) groups excluding carboxylic acids is 2. The van der Waals surface area contributed by atoms with Crippen molar-refractivity contribution in [2.75, 3.05) is 26.4 Å². The van der Waals surface area contributed by atoms with Gasteiger partial charge in [0.25, 0.3) is 0 Å². The maximum Gasteiger partial charge on any atom is 0.472 e. The van der Waals surface area contributed by atoms with E-state index in [0.717, 1.165) is 51.4 Å². The summed E-state index contributed by atoms with van der Waals surface area (Å²) in [5.41, 5.74) is 5.37. The van der Waals surface area contributed by atoms with Crippen molar-refractivity contribution in [3.63, 3.8) is 0 Å². The van der Waals surface area contributed by atoms with E-state index in [4.69, 9.17) is 24.3 Å². The number of phosphoric acid groups is 1. The fourth-order valence-corrected chi connectivity index (χ4v) is 8.26. The van der Waals surface area contributed by atoms with Crippen LogP contribution in [0.5, 0.6) is 0 Å². The lowest BCUT2D eigenvalue weighted by atomic mass is 10.0. The van der Waals surface area contributed by atoms with Gasteiger partial charge in [-0.25, -0.2) is 4.57 Å². The number of hydrogen-bond acceptors (Lipinski definition) is 8. The van der Waals surface area contributed by atoms with E-state index in [9.17, 15) is 19.0 Å². The minimum absolute atomic E-state index is 0.0546. The van der Waals surface area contributed by atoms with Crippen molar-refractivity contribution in [3.05, 3.63) is 24.3 Å². The Morgan fingerprint density at radius 3 is 1.28 bits per heavy atom. The van der Waals surface area contributed by atoms with Crippen molar-refractivity contribution in [2.24, 2.45) is 5.73 Å². The molecule has 0 aromatic rings. The lowest BCUT2D eigenvalue weighted by Crippen LogP contribution is -2.29. The highest BCUT2D eigenvalue weighted by Gasteiger charge is 2.26. The Morgan fingerprint density at radius 2 is 0.852 bits per heavy atom. The maximum absolute atomic E-state index is 12.6. The summed E-state index contributed by atoms with van der Waals surface area (Å²) in [5, 5.41) is 0. The van der Waals surface area contributed by atoms with Gasteiger partial charge in [-0.05, 0) is 44.9 Å². The summed E-state index contributed by atoms with van der Waals surface area (Å²) in [6, 6.07) is 0. The Morgan fingerprint density at radius 1 is 0.492 bits per heavy atom. The first kappa shape index (κ1) is 59.5. The Kier molecular flexibility index (Phi) is 46.8. The van der Waals surface area contributed by atoms with Crippen LogP contribution in [-0.4, -0.2) is 49.3 Å². The summed E-state index contributed by atoms with van der Waals surface area (Å²) >= 11 is 0. The van der Waals surface area contributed by atoms with E-state index in [-0.39, 0.29) is 38.6 Å². The topological polar surface area (TPSA) is 134 Å². The number of carbonyl (C=O) groups is 2. The number of allylic oxidation sites excluding steroid dienone is 4. The summed E-state index contributed by atoms with van der Waals surface area (Å²) in [6.07, 6.45) is 53.6. The van der Waals surface area contributed by atoms with Gasteiger partial charge in [0.05, 0.1) is 13.2 Å². The van der Waals surface area contributed by atoms with Gasteiger partial charge in [0, 0.05) is 19.4 Å². The quantitative estimate of drug-likeness (QED) is 0.0265. The van der Waals surface area contributed by atoms with Gasteiger partial charge in [-0.1, -0.05) is 224 Å². The summed E-state index contributed by atoms with van der Waals surface area (Å²) in [6.45, 7) is 3.75. The molecule has 2 atom stereocenters. The second-order valence-electron chi connectivity index (χ2n) is 17.4. The Balaban J connectivity index is 4.01. The number of rotatable bonds is 49. The molecular weight excluding hydrogens is 786 g/mol. The highest BCUT2D eigenvalue weighted by Crippen LogP contribution is 2.43. The molecule has 0 fully saturated rings. The van der Waals surface area contributed by atoms with Gasteiger partial charge in [-0.2, -0.15) is 0 Å². The van der Waals surface area contributed by atoms with E-state index in [1.807, 2.05) is 0 Å². The molecule has 0 saturated heterocycles. The number of esters is 2. The zero-order chi connectivity index (χ0) is 44.6. The molecule has 0 heterocycles.